The van der Waals surface area contributed by atoms with E-state index in [9.17, 15) is 4.79 Å². The molecule has 0 spiro atoms. The highest BCUT2D eigenvalue weighted by Crippen LogP contribution is 2.08. The molecular formula is C14H20N2O2. The lowest BCUT2D eigenvalue weighted by Crippen LogP contribution is -2.20. The highest BCUT2D eigenvalue weighted by atomic mass is 16.5. The molecule has 4 nitrogen and oxygen atoms in total. The van der Waals surface area contributed by atoms with E-state index in [1.807, 2.05) is 38.1 Å². The minimum atomic E-state index is -0.259. The second-order valence-electron chi connectivity index (χ2n) is 3.96. The number of carbonyl (C=O) groups is 1. The molecule has 0 fully saturated rings. The molecule has 1 aromatic rings. The summed E-state index contributed by atoms with van der Waals surface area (Å²) >= 11 is 0. The fourth-order valence-electron chi connectivity index (χ4n) is 1.60. The number of pyridine rings is 1. The summed E-state index contributed by atoms with van der Waals surface area (Å²) in [4.78, 5) is 15.6. The molecule has 0 aliphatic heterocycles. The van der Waals surface area contributed by atoms with Crippen molar-refractivity contribution < 1.29 is 9.53 Å². The van der Waals surface area contributed by atoms with E-state index in [1.165, 1.54) is 7.11 Å². The van der Waals surface area contributed by atoms with Crippen LogP contribution in [0.2, 0.25) is 0 Å². The van der Waals surface area contributed by atoms with Crippen LogP contribution in [0.3, 0.4) is 0 Å². The normalized spacial score (nSPS) is 13.2. The number of methoxy groups -OCH3 is 1. The molecule has 1 aromatic heterocycles. The minimum Gasteiger partial charge on any atom is -0.466 e. The molecule has 1 atom stereocenters. The standard InChI is InChI=1S/C14H20N2O2/c1-4-12(14(17)18-3)8-10-15-11(2)13-7-5-6-9-16-13/h5-9,11,15H,4,10H2,1-3H3/b12-8-. The van der Waals surface area contributed by atoms with Crippen molar-refractivity contribution in [1.82, 2.24) is 10.3 Å². The second-order valence-corrected chi connectivity index (χ2v) is 3.96. The molecule has 0 bridgehead atoms. The predicted octanol–water partition coefficient (Wildman–Crippen LogP) is 2.24. The van der Waals surface area contributed by atoms with Crippen LogP contribution in [0, 0.1) is 0 Å². The predicted molar refractivity (Wildman–Crippen MR) is 71.0 cm³/mol. The molecule has 0 aliphatic rings. The molecule has 0 saturated carbocycles. The number of hydrogen-bond acceptors (Lipinski definition) is 4. The summed E-state index contributed by atoms with van der Waals surface area (Å²) in [6.07, 6.45) is 4.31. The largest absolute Gasteiger partial charge is 0.466 e. The van der Waals surface area contributed by atoms with Crippen molar-refractivity contribution in [1.29, 1.82) is 0 Å². The second kappa shape index (κ2) is 7.61. The van der Waals surface area contributed by atoms with Crippen molar-refractivity contribution in [3.8, 4) is 0 Å². The minimum absolute atomic E-state index is 0.151. The van der Waals surface area contributed by atoms with Gasteiger partial charge in [-0.25, -0.2) is 4.79 Å². The zero-order valence-electron chi connectivity index (χ0n) is 11.1. The zero-order chi connectivity index (χ0) is 13.4. The van der Waals surface area contributed by atoms with Crippen LogP contribution >= 0.6 is 0 Å². The van der Waals surface area contributed by atoms with Gasteiger partial charge in [0.25, 0.3) is 0 Å². The van der Waals surface area contributed by atoms with E-state index in [1.54, 1.807) is 6.20 Å². The summed E-state index contributed by atoms with van der Waals surface area (Å²) in [5.41, 5.74) is 1.68. The Kier molecular flexibility index (Phi) is 6.08. The molecule has 0 amide bonds. The summed E-state index contributed by atoms with van der Waals surface area (Å²) in [5.74, 6) is -0.259. The van der Waals surface area contributed by atoms with Gasteiger partial charge in [-0.05, 0) is 25.5 Å². The van der Waals surface area contributed by atoms with Crippen molar-refractivity contribution in [3.63, 3.8) is 0 Å². The quantitative estimate of drug-likeness (QED) is 0.619. The number of carbonyl (C=O) groups excluding carboxylic acids is 1. The van der Waals surface area contributed by atoms with Crippen LogP contribution in [0.4, 0.5) is 0 Å². The van der Waals surface area contributed by atoms with Crippen molar-refractivity contribution in [2.24, 2.45) is 0 Å². The summed E-state index contributed by atoms with van der Waals surface area (Å²) in [5, 5.41) is 3.30. The molecule has 4 heteroatoms. The Morgan fingerprint density at radius 2 is 2.33 bits per heavy atom. The van der Waals surface area contributed by atoms with Gasteiger partial charge in [0.05, 0.1) is 12.8 Å². The van der Waals surface area contributed by atoms with Crippen LogP contribution in [-0.2, 0) is 9.53 Å². The summed E-state index contributed by atoms with van der Waals surface area (Å²) < 4.78 is 4.70. The fraction of sp³-hybridized carbons (Fsp3) is 0.429. The molecule has 0 aliphatic carbocycles. The van der Waals surface area contributed by atoms with Crippen LogP contribution in [0.25, 0.3) is 0 Å². The topological polar surface area (TPSA) is 51.2 Å². The Morgan fingerprint density at radius 3 is 2.89 bits per heavy atom. The smallest absolute Gasteiger partial charge is 0.333 e. The lowest BCUT2D eigenvalue weighted by molar-refractivity contribution is -0.136. The van der Waals surface area contributed by atoms with Gasteiger partial charge in [0.15, 0.2) is 0 Å². The van der Waals surface area contributed by atoms with E-state index in [-0.39, 0.29) is 12.0 Å². The van der Waals surface area contributed by atoms with Crippen LogP contribution in [0.5, 0.6) is 0 Å². The first-order valence-corrected chi connectivity index (χ1v) is 6.10. The number of ether oxygens (including phenoxy) is 1. The van der Waals surface area contributed by atoms with Crippen molar-refractivity contribution in [2.75, 3.05) is 13.7 Å². The number of rotatable bonds is 6. The summed E-state index contributed by atoms with van der Waals surface area (Å²) in [6, 6.07) is 5.98. The Hall–Kier alpha value is -1.68. The third kappa shape index (κ3) is 4.30. The van der Waals surface area contributed by atoms with Crippen molar-refractivity contribution >= 4 is 5.97 Å². The first kappa shape index (κ1) is 14.4. The highest BCUT2D eigenvalue weighted by Gasteiger charge is 2.07. The van der Waals surface area contributed by atoms with Crippen molar-refractivity contribution in [3.05, 3.63) is 41.7 Å². The van der Waals surface area contributed by atoms with E-state index in [0.717, 1.165) is 5.69 Å². The van der Waals surface area contributed by atoms with Gasteiger partial charge in [-0.1, -0.05) is 19.1 Å². The summed E-state index contributed by atoms with van der Waals surface area (Å²) in [6.45, 7) is 4.60. The van der Waals surface area contributed by atoms with E-state index in [4.69, 9.17) is 4.74 Å². The van der Waals surface area contributed by atoms with Gasteiger partial charge in [0.1, 0.15) is 0 Å². The van der Waals surface area contributed by atoms with E-state index in [0.29, 0.717) is 18.5 Å². The first-order valence-electron chi connectivity index (χ1n) is 6.10. The Balaban J connectivity index is 2.50. The molecule has 1 N–H and O–H groups in total. The lowest BCUT2D eigenvalue weighted by atomic mass is 10.2. The lowest BCUT2D eigenvalue weighted by Gasteiger charge is -2.11. The monoisotopic (exact) mass is 248 g/mol. The van der Waals surface area contributed by atoms with Crippen LogP contribution in [0.1, 0.15) is 32.0 Å². The van der Waals surface area contributed by atoms with Crippen molar-refractivity contribution in [2.45, 2.75) is 26.3 Å². The number of aromatic nitrogens is 1. The first-order chi connectivity index (χ1) is 8.69. The zero-order valence-corrected chi connectivity index (χ0v) is 11.1. The Bertz CT molecular complexity index is 402. The molecule has 0 aromatic carbocycles. The maximum atomic E-state index is 11.4. The molecule has 0 saturated heterocycles. The number of nitrogens with zero attached hydrogens (tertiary/aromatic N) is 1. The van der Waals surface area contributed by atoms with E-state index >= 15 is 0 Å². The SMILES string of the molecule is CC/C(=C/CNC(C)c1ccccn1)C(=O)OC. The Labute approximate surface area is 108 Å². The average molecular weight is 248 g/mol. The molecule has 18 heavy (non-hydrogen) atoms. The third-order valence-corrected chi connectivity index (χ3v) is 2.73. The third-order valence-electron chi connectivity index (χ3n) is 2.73. The van der Waals surface area contributed by atoms with Gasteiger partial charge >= 0.3 is 5.97 Å². The van der Waals surface area contributed by atoms with Gasteiger partial charge in [0.2, 0.25) is 0 Å². The van der Waals surface area contributed by atoms with Gasteiger partial charge in [-0.3, -0.25) is 4.98 Å². The van der Waals surface area contributed by atoms with Gasteiger partial charge in [-0.2, -0.15) is 0 Å². The van der Waals surface area contributed by atoms with Crippen LogP contribution < -0.4 is 5.32 Å². The van der Waals surface area contributed by atoms with Crippen LogP contribution in [0.15, 0.2) is 36.0 Å². The Morgan fingerprint density at radius 1 is 1.56 bits per heavy atom. The van der Waals surface area contributed by atoms with E-state index < -0.39 is 0 Å². The number of esters is 1. The van der Waals surface area contributed by atoms with Gasteiger partial charge < -0.3 is 10.1 Å². The number of hydrogen-bond donors (Lipinski definition) is 1. The molecule has 0 radical (unpaired) electrons. The maximum Gasteiger partial charge on any atom is 0.333 e. The molecular weight excluding hydrogens is 228 g/mol. The van der Waals surface area contributed by atoms with E-state index in [2.05, 4.69) is 10.3 Å². The maximum absolute atomic E-state index is 11.4. The molecule has 1 rings (SSSR count). The van der Waals surface area contributed by atoms with Crippen LogP contribution in [-0.4, -0.2) is 24.6 Å². The molecule has 98 valence electrons. The molecule has 1 heterocycles. The fourth-order valence-corrected chi connectivity index (χ4v) is 1.60. The average Bonchev–Trinajstić information content (AvgIpc) is 2.43. The highest BCUT2D eigenvalue weighted by molar-refractivity contribution is 5.88. The van der Waals surface area contributed by atoms with Gasteiger partial charge in [-0.15, -0.1) is 0 Å². The number of nitrogens with one attached hydrogen (secondary N) is 1. The molecule has 1 unspecified atom stereocenters. The van der Waals surface area contributed by atoms with Gasteiger partial charge in [0, 0.05) is 24.4 Å². The summed E-state index contributed by atoms with van der Waals surface area (Å²) in [7, 11) is 1.40.